The molecule has 328 valence electrons. The van der Waals surface area contributed by atoms with Crippen molar-refractivity contribution in [3.63, 3.8) is 0 Å². The minimum Gasteiger partial charge on any atom is -0.481 e. The number of hydrogen-bond donors (Lipinski definition) is 9. The summed E-state index contributed by atoms with van der Waals surface area (Å²) in [6.45, 7) is 7.83. The van der Waals surface area contributed by atoms with Crippen LogP contribution in [0.2, 0.25) is 0 Å². The smallest absolute Gasteiger partial charge is 0.326 e. The number of aliphatic imine (C=N–C) groups is 1. The van der Waals surface area contributed by atoms with E-state index in [0.29, 0.717) is 31.4 Å². The van der Waals surface area contributed by atoms with Crippen molar-refractivity contribution in [3.05, 3.63) is 0 Å². The zero-order chi connectivity index (χ0) is 43.7. The number of amides is 6. The van der Waals surface area contributed by atoms with Gasteiger partial charge in [-0.15, -0.1) is 0 Å². The van der Waals surface area contributed by atoms with Crippen LogP contribution in [0.3, 0.4) is 0 Å². The number of aliphatic carboxylic acids is 2. The first-order valence-electron chi connectivity index (χ1n) is 19.9. The van der Waals surface area contributed by atoms with E-state index in [4.69, 9.17) is 22.3 Å². The summed E-state index contributed by atoms with van der Waals surface area (Å²) in [5.74, 6) is -6.07. The van der Waals surface area contributed by atoms with Crippen molar-refractivity contribution < 1.29 is 48.6 Å². The minimum absolute atomic E-state index is 0.110. The fraction of sp³-hybridized carbons (Fsp3) is 0.757. The molecule has 2 heterocycles. The molecule has 0 aromatic rings. The molecule has 20 nitrogen and oxygen atoms in total. The fourth-order valence-corrected chi connectivity index (χ4v) is 7.34. The van der Waals surface area contributed by atoms with Crippen molar-refractivity contribution in [2.45, 2.75) is 134 Å². The van der Waals surface area contributed by atoms with Crippen molar-refractivity contribution in [2.24, 2.45) is 34.0 Å². The second kappa shape index (κ2) is 24.3. The van der Waals surface area contributed by atoms with Gasteiger partial charge in [0.05, 0.1) is 6.04 Å². The number of carboxylic acids is 2. The summed E-state index contributed by atoms with van der Waals surface area (Å²) in [6.07, 6.45) is 3.43. The molecule has 2 saturated heterocycles. The van der Waals surface area contributed by atoms with Gasteiger partial charge in [-0.25, -0.2) is 4.79 Å². The van der Waals surface area contributed by atoms with Gasteiger partial charge in [0.15, 0.2) is 5.96 Å². The van der Waals surface area contributed by atoms with Gasteiger partial charge in [-0.3, -0.25) is 38.6 Å². The molecule has 0 aromatic carbocycles. The Morgan fingerprint density at radius 2 is 1.26 bits per heavy atom. The molecule has 0 bridgehead atoms. The zero-order valence-electron chi connectivity index (χ0n) is 34.2. The quantitative estimate of drug-likeness (QED) is 0.0310. The lowest BCUT2D eigenvalue weighted by Gasteiger charge is -2.32. The monoisotopic (exact) mass is 840 g/mol. The maximum Gasteiger partial charge on any atom is 0.326 e. The number of carbonyl (C=O) groups is 8. The number of thioether (sulfide) groups is 1. The topological polar surface area (TPSA) is 322 Å². The summed E-state index contributed by atoms with van der Waals surface area (Å²) in [7, 11) is 0. The van der Waals surface area contributed by atoms with Crippen LogP contribution in [-0.4, -0.2) is 147 Å². The lowest BCUT2D eigenvalue weighted by Crippen LogP contribution is -2.59. The molecule has 0 aromatic heterocycles. The van der Waals surface area contributed by atoms with Gasteiger partial charge in [-0.1, -0.05) is 27.7 Å². The van der Waals surface area contributed by atoms with Crippen LogP contribution in [0.1, 0.15) is 91.9 Å². The van der Waals surface area contributed by atoms with Crippen LogP contribution in [0.4, 0.5) is 0 Å². The number of nitrogens with zero attached hydrogens (tertiary/aromatic N) is 3. The molecule has 0 radical (unpaired) electrons. The van der Waals surface area contributed by atoms with E-state index in [1.165, 1.54) is 21.6 Å². The lowest BCUT2D eigenvalue weighted by atomic mass is 10.0. The van der Waals surface area contributed by atoms with E-state index >= 15 is 0 Å². The van der Waals surface area contributed by atoms with Gasteiger partial charge in [0.25, 0.3) is 0 Å². The first kappa shape index (κ1) is 49.5. The van der Waals surface area contributed by atoms with Crippen molar-refractivity contribution in [1.82, 2.24) is 31.1 Å². The number of likely N-dealkylation sites (tertiary alicyclic amines) is 2. The fourth-order valence-electron chi connectivity index (χ4n) is 6.87. The van der Waals surface area contributed by atoms with E-state index in [-0.39, 0.29) is 69.5 Å². The summed E-state index contributed by atoms with van der Waals surface area (Å²) < 4.78 is 0. The van der Waals surface area contributed by atoms with Gasteiger partial charge in [-0.2, -0.15) is 11.8 Å². The molecule has 0 saturated carbocycles. The predicted molar refractivity (Wildman–Crippen MR) is 217 cm³/mol. The molecular weight excluding hydrogens is 777 g/mol. The van der Waals surface area contributed by atoms with E-state index in [9.17, 15) is 43.5 Å². The highest BCUT2D eigenvalue weighted by Crippen LogP contribution is 2.23. The van der Waals surface area contributed by atoms with Crippen LogP contribution < -0.4 is 38.5 Å². The lowest BCUT2D eigenvalue weighted by molar-refractivity contribution is -0.145. The van der Waals surface area contributed by atoms with Gasteiger partial charge >= 0.3 is 11.9 Å². The average Bonchev–Trinajstić information content (AvgIpc) is 3.85. The van der Waals surface area contributed by atoms with Crippen LogP contribution in [0.5, 0.6) is 0 Å². The molecule has 7 atom stereocenters. The second-order valence-corrected chi connectivity index (χ2v) is 16.5. The number of carbonyl (C=O) groups excluding carboxylic acids is 6. The third-order valence-electron chi connectivity index (χ3n) is 10.1. The normalized spacial score (nSPS) is 19.1. The van der Waals surface area contributed by atoms with Crippen LogP contribution in [-0.2, 0) is 38.4 Å². The Morgan fingerprint density at radius 3 is 1.72 bits per heavy atom. The first-order valence-corrected chi connectivity index (χ1v) is 21.2. The molecule has 2 rings (SSSR count). The number of hydrogen-bond acceptors (Lipinski definition) is 11. The second-order valence-electron chi connectivity index (χ2n) is 15.5. The van der Waals surface area contributed by atoms with Crippen LogP contribution >= 0.6 is 11.8 Å². The Morgan fingerprint density at radius 1 is 0.741 bits per heavy atom. The maximum atomic E-state index is 14.2. The van der Waals surface area contributed by atoms with Crippen molar-refractivity contribution in [3.8, 4) is 0 Å². The molecule has 0 aliphatic carbocycles. The van der Waals surface area contributed by atoms with Gasteiger partial charge in [0.2, 0.25) is 35.4 Å². The summed E-state index contributed by atoms with van der Waals surface area (Å²) in [5.41, 5.74) is 16.9. The molecule has 21 heteroatoms. The van der Waals surface area contributed by atoms with E-state index in [0.717, 1.165) is 0 Å². The largest absolute Gasteiger partial charge is 0.481 e. The highest BCUT2D eigenvalue weighted by molar-refractivity contribution is 7.98. The molecule has 2 aliphatic rings. The first-order chi connectivity index (χ1) is 27.3. The van der Waals surface area contributed by atoms with Crippen LogP contribution in [0.15, 0.2) is 4.99 Å². The van der Waals surface area contributed by atoms with Crippen molar-refractivity contribution in [2.75, 3.05) is 31.6 Å². The summed E-state index contributed by atoms with van der Waals surface area (Å²) in [6, 6.07) is -7.53. The predicted octanol–water partition coefficient (Wildman–Crippen LogP) is -1.31. The third kappa shape index (κ3) is 15.6. The molecule has 0 spiro atoms. The molecule has 6 amide bonds. The number of rotatable bonds is 24. The van der Waals surface area contributed by atoms with Gasteiger partial charge in [-0.05, 0) is 81.6 Å². The van der Waals surface area contributed by atoms with Crippen LogP contribution in [0, 0.1) is 11.8 Å². The van der Waals surface area contributed by atoms with Gasteiger partial charge < -0.3 is 58.5 Å². The zero-order valence-corrected chi connectivity index (χ0v) is 35.1. The van der Waals surface area contributed by atoms with Crippen LogP contribution in [0.25, 0.3) is 0 Å². The molecule has 2 aliphatic heterocycles. The van der Waals surface area contributed by atoms with E-state index < -0.39 is 96.1 Å². The molecule has 12 N–H and O–H groups in total. The van der Waals surface area contributed by atoms with Gasteiger partial charge in [0, 0.05) is 26.1 Å². The maximum absolute atomic E-state index is 14.2. The van der Waals surface area contributed by atoms with E-state index in [1.807, 2.05) is 20.1 Å². The third-order valence-corrected chi connectivity index (χ3v) is 10.7. The Balaban J connectivity index is 2.26. The Labute approximate surface area is 344 Å². The number of guanidine groups is 1. The van der Waals surface area contributed by atoms with Gasteiger partial charge in [0.1, 0.15) is 36.3 Å². The number of nitrogens with one attached hydrogen (secondary N) is 4. The van der Waals surface area contributed by atoms with Crippen molar-refractivity contribution in [1.29, 1.82) is 0 Å². The Kier molecular flexibility index (Phi) is 20.7. The summed E-state index contributed by atoms with van der Waals surface area (Å²) in [5, 5.41) is 29.2. The summed E-state index contributed by atoms with van der Waals surface area (Å²) >= 11 is 1.46. The molecule has 0 unspecified atom stereocenters. The highest BCUT2D eigenvalue weighted by atomic mass is 32.2. The van der Waals surface area contributed by atoms with E-state index in [2.05, 4.69) is 26.3 Å². The highest BCUT2D eigenvalue weighted by Gasteiger charge is 2.42. The minimum atomic E-state index is -1.49. The molecule has 2 fully saturated rings. The van der Waals surface area contributed by atoms with Crippen molar-refractivity contribution >= 4 is 65.1 Å². The molecular formula is C37H64N10O10S. The Bertz CT molecular complexity index is 1490. The summed E-state index contributed by atoms with van der Waals surface area (Å²) in [4.78, 5) is 112. The number of carboxylic acid groups (broad SMARTS) is 2. The SMILES string of the molecule is CSCC[C@H](NC(=O)[C@@H]1CCCN1C(=O)[C@H](CCCN=C(N)N)NC(=O)[C@@H](N)C(C)C)C(=O)N1CCC[C@H]1C(=O)N[C@@H](CC(C)C)C(=O)N[C@@H](CCC(=O)O)C(=O)O. The average molecular weight is 841 g/mol. The Hall–Kier alpha value is -4.66. The molecule has 58 heavy (non-hydrogen) atoms. The number of nitrogens with two attached hydrogens (primary N) is 3. The standard InChI is InChI=1S/C37H64N10O10S/c1-20(2)19-25(30(50)44-24(36(56)57)12-13-28(48)49)45-32(52)27-11-8-17-47(27)35(55)23(14-18-58-5)42-31(51)26-10-7-16-46(26)34(54)22(9-6-15-41-37(39)40)43-33(53)29(38)21(3)4/h20-27,29H,6-19,38H2,1-5H3,(H,42,51)(H,43,53)(H,44,50)(H,45,52)(H,48,49)(H,56,57)(H4,39,40,41)/t22-,23-,24-,25-,26-,27-,29-/m0/s1. The van der Waals surface area contributed by atoms with E-state index in [1.54, 1.807) is 13.8 Å².